The number of thioether (sulfide) groups is 1. The summed E-state index contributed by atoms with van der Waals surface area (Å²) in [5.41, 5.74) is 2.95. The molecule has 2 N–H and O–H groups in total. The van der Waals surface area contributed by atoms with Crippen LogP contribution in [0, 0.1) is 0 Å². The number of amides is 1. The Bertz CT molecular complexity index is 782. The van der Waals surface area contributed by atoms with Crippen molar-refractivity contribution in [2.75, 3.05) is 11.1 Å². The van der Waals surface area contributed by atoms with Gasteiger partial charge in [-0.3, -0.25) is 9.36 Å². The maximum Gasteiger partial charge on any atom is 0.343 e. The molecule has 0 radical (unpaired) electrons. The summed E-state index contributed by atoms with van der Waals surface area (Å²) in [6, 6.07) is 6.17. The molecule has 0 aliphatic heterocycles. The van der Waals surface area contributed by atoms with Crippen molar-refractivity contribution in [3.05, 3.63) is 39.8 Å². The van der Waals surface area contributed by atoms with Gasteiger partial charge in [-0.1, -0.05) is 64.6 Å². The Labute approximate surface area is 158 Å². The van der Waals surface area contributed by atoms with Crippen molar-refractivity contribution in [1.82, 2.24) is 14.8 Å². The summed E-state index contributed by atoms with van der Waals surface area (Å²) in [5.74, 6) is 0.747. The average Bonchev–Trinajstić information content (AvgIpc) is 2.93. The summed E-state index contributed by atoms with van der Waals surface area (Å²) in [4.78, 5) is 24.3. The highest BCUT2D eigenvalue weighted by Gasteiger charge is 2.17. The third kappa shape index (κ3) is 4.78. The summed E-state index contributed by atoms with van der Waals surface area (Å²) < 4.78 is 1.57. The molecule has 26 heavy (non-hydrogen) atoms. The van der Waals surface area contributed by atoms with Crippen LogP contribution in [0.25, 0.3) is 0 Å². The van der Waals surface area contributed by atoms with Crippen LogP contribution in [0.15, 0.2) is 28.2 Å². The van der Waals surface area contributed by atoms with E-state index in [-0.39, 0.29) is 17.3 Å². The lowest BCUT2D eigenvalue weighted by atomic mass is 9.92. The molecule has 0 unspecified atom stereocenters. The molecule has 6 nitrogen and oxygen atoms in total. The number of carbonyl (C=O) groups excluding carboxylic acids is 1. The van der Waals surface area contributed by atoms with E-state index in [1.54, 1.807) is 4.57 Å². The van der Waals surface area contributed by atoms with Crippen molar-refractivity contribution >= 4 is 23.4 Å². The topological polar surface area (TPSA) is 79.8 Å². The number of H-pyrrole nitrogens is 1. The first-order valence-corrected chi connectivity index (χ1v) is 10.0. The van der Waals surface area contributed by atoms with E-state index >= 15 is 0 Å². The molecule has 0 spiro atoms. The van der Waals surface area contributed by atoms with Crippen molar-refractivity contribution in [3.63, 3.8) is 0 Å². The number of para-hydroxylation sites is 1. The minimum atomic E-state index is -0.234. The smallest absolute Gasteiger partial charge is 0.325 e. The zero-order valence-electron chi connectivity index (χ0n) is 16.1. The lowest BCUT2D eigenvalue weighted by molar-refractivity contribution is -0.113. The average molecular weight is 377 g/mol. The predicted octanol–water partition coefficient (Wildman–Crippen LogP) is 3.96. The Morgan fingerprint density at radius 1 is 1.23 bits per heavy atom. The Hall–Kier alpha value is -2.02. The number of hydrogen-bond donors (Lipinski definition) is 2. The number of carbonyl (C=O) groups is 1. The van der Waals surface area contributed by atoms with Crippen LogP contribution in [0.3, 0.4) is 0 Å². The van der Waals surface area contributed by atoms with Gasteiger partial charge < -0.3 is 5.32 Å². The molecule has 0 saturated carbocycles. The first-order valence-electron chi connectivity index (χ1n) is 9.05. The first kappa shape index (κ1) is 20.3. The Kier molecular flexibility index (Phi) is 7.08. The van der Waals surface area contributed by atoms with E-state index in [9.17, 15) is 9.59 Å². The zero-order chi connectivity index (χ0) is 19.3. The van der Waals surface area contributed by atoms with Gasteiger partial charge in [-0.25, -0.2) is 9.89 Å². The van der Waals surface area contributed by atoms with Gasteiger partial charge in [0.15, 0.2) is 5.16 Å². The van der Waals surface area contributed by atoms with Gasteiger partial charge in [0.1, 0.15) is 0 Å². The molecule has 0 atom stereocenters. The van der Waals surface area contributed by atoms with E-state index < -0.39 is 0 Å². The van der Waals surface area contributed by atoms with E-state index in [1.807, 2.05) is 13.0 Å². The molecule has 1 aromatic carbocycles. The highest BCUT2D eigenvalue weighted by molar-refractivity contribution is 7.99. The summed E-state index contributed by atoms with van der Waals surface area (Å²) >= 11 is 1.27. The van der Waals surface area contributed by atoms with E-state index in [1.165, 1.54) is 11.8 Å². The van der Waals surface area contributed by atoms with E-state index in [0.29, 0.717) is 23.5 Å². The molecule has 0 aliphatic carbocycles. The third-order valence-electron chi connectivity index (χ3n) is 4.14. The van der Waals surface area contributed by atoms with Gasteiger partial charge in [-0.05, 0) is 29.4 Å². The normalized spacial score (nSPS) is 11.3. The quantitative estimate of drug-likeness (QED) is 0.684. The van der Waals surface area contributed by atoms with Crippen molar-refractivity contribution in [2.24, 2.45) is 0 Å². The van der Waals surface area contributed by atoms with Crippen molar-refractivity contribution in [3.8, 4) is 0 Å². The first-order chi connectivity index (χ1) is 12.3. The molecule has 1 heterocycles. The minimum Gasteiger partial charge on any atom is -0.325 e. The van der Waals surface area contributed by atoms with E-state index in [2.05, 4.69) is 55.3 Å². The lowest BCUT2D eigenvalue weighted by Gasteiger charge is -2.20. The van der Waals surface area contributed by atoms with Crippen LogP contribution in [0.2, 0.25) is 0 Å². The number of nitrogens with one attached hydrogen (secondary N) is 2. The van der Waals surface area contributed by atoms with Crippen LogP contribution in [-0.4, -0.2) is 26.4 Å². The van der Waals surface area contributed by atoms with Gasteiger partial charge >= 0.3 is 5.69 Å². The standard InChI is InChI=1S/C19H28N4O2S/c1-6-10-23-18(25)21-22-19(23)26-11-16(24)20-17-14(12(2)3)8-7-9-15(17)13(4)5/h7-9,12-13H,6,10-11H2,1-5H3,(H,20,24)(H,21,25). The highest BCUT2D eigenvalue weighted by atomic mass is 32.2. The zero-order valence-corrected chi connectivity index (χ0v) is 16.9. The molecule has 7 heteroatoms. The van der Waals surface area contributed by atoms with Crippen LogP contribution >= 0.6 is 11.8 Å². The van der Waals surface area contributed by atoms with Crippen LogP contribution in [-0.2, 0) is 11.3 Å². The second-order valence-corrected chi connectivity index (χ2v) is 7.86. The van der Waals surface area contributed by atoms with Gasteiger partial charge in [0.2, 0.25) is 5.91 Å². The lowest BCUT2D eigenvalue weighted by Crippen LogP contribution is -2.19. The maximum atomic E-state index is 12.6. The Morgan fingerprint density at radius 3 is 2.38 bits per heavy atom. The van der Waals surface area contributed by atoms with E-state index in [0.717, 1.165) is 23.2 Å². The fraction of sp³-hybridized carbons (Fsp3) is 0.526. The monoisotopic (exact) mass is 376 g/mol. The third-order valence-corrected chi connectivity index (χ3v) is 5.12. The molecule has 1 aromatic heterocycles. The molecule has 2 aromatic rings. The van der Waals surface area contributed by atoms with Crippen LogP contribution < -0.4 is 11.0 Å². The van der Waals surface area contributed by atoms with Crippen molar-refractivity contribution in [2.45, 2.75) is 64.6 Å². The van der Waals surface area contributed by atoms with Crippen LogP contribution in [0.5, 0.6) is 0 Å². The summed E-state index contributed by atoms with van der Waals surface area (Å²) in [6.07, 6.45) is 0.832. The fourth-order valence-corrected chi connectivity index (χ4v) is 3.61. The number of nitrogens with zero attached hydrogens (tertiary/aromatic N) is 2. The Balaban J connectivity index is 2.14. The summed E-state index contributed by atoms with van der Waals surface area (Å²) in [7, 11) is 0. The molecule has 0 saturated heterocycles. The SMILES string of the molecule is CCCn1c(SCC(=O)Nc2c(C(C)C)cccc2C(C)C)n[nH]c1=O. The molecule has 1 amide bonds. The largest absolute Gasteiger partial charge is 0.343 e. The van der Waals surface area contributed by atoms with Gasteiger partial charge in [-0.15, -0.1) is 5.10 Å². The van der Waals surface area contributed by atoms with Crippen molar-refractivity contribution < 1.29 is 4.79 Å². The molecule has 0 bridgehead atoms. The molecule has 0 fully saturated rings. The number of rotatable bonds is 8. The number of aromatic nitrogens is 3. The molecule has 2 rings (SSSR count). The van der Waals surface area contributed by atoms with Crippen LogP contribution in [0.4, 0.5) is 5.69 Å². The van der Waals surface area contributed by atoms with E-state index in [4.69, 9.17) is 0 Å². The number of anilines is 1. The highest BCUT2D eigenvalue weighted by Crippen LogP contribution is 2.32. The summed E-state index contributed by atoms with van der Waals surface area (Å²) in [6.45, 7) is 11.1. The maximum absolute atomic E-state index is 12.6. The second-order valence-electron chi connectivity index (χ2n) is 6.92. The minimum absolute atomic E-state index is 0.0940. The van der Waals surface area contributed by atoms with Gasteiger partial charge in [0.05, 0.1) is 5.75 Å². The van der Waals surface area contributed by atoms with Gasteiger partial charge in [0.25, 0.3) is 0 Å². The van der Waals surface area contributed by atoms with Gasteiger partial charge in [-0.2, -0.15) is 0 Å². The fourth-order valence-electron chi connectivity index (χ4n) is 2.84. The Morgan fingerprint density at radius 2 is 1.85 bits per heavy atom. The molecule has 142 valence electrons. The number of hydrogen-bond acceptors (Lipinski definition) is 4. The van der Waals surface area contributed by atoms with Crippen LogP contribution in [0.1, 0.15) is 64.0 Å². The molecular formula is C19H28N4O2S. The van der Waals surface area contributed by atoms with Gasteiger partial charge in [0, 0.05) is 12.2 Å². The molecule has 0 aliphatic rings. The number of aromatic amines is 1. The molecular weight excluding hydrogens is 348 g/mol. The van der Waals surface area contributed by atoms with Crippen molar-refractivity contribution in [1.29, 1.82) is 0 Å². The number of benzene rings is 1. The summed E-state index contributed by atoms with van der Waals surface area (Å²) in [5, 5.41) is 10.1. The predicted molar refractivity (Wildman–Crippen MR) is 107 cm³/mol. The second kappa shape index (κ2) is 9.07.